The first kappa shape index (κ1) is 18.4. The molecule has 1 radical (unpaired) electrons. The van der Waals surface area contributed by atoms with E-state index in [-0.39, 0.29) is 33.9 Å². The minimum Gasteiger partial charge on any atom is -0.450 e. The van der Waals surface area contributed by atoms with Crippen LogP contribution in [0.1, 0.15) is 6.92 Å². The second kappa shape index (κ2) is 6.68. The van der Waals surface area contributed by atoms with E-state index in [9.17, 15) is 21.6 Å². The summed E-state index contributed by atoms with van der Waals surface area (Å²) in [7, 11) is -10.4. The average Bonchev–Trinajstić information content (AvgIpc) is 1.96. The molecule has 93 valence electrons. The fraction of sp³-hybridized carbons (Fsp3) is 0.750. The Morgan fingerprint density at radius 3 is 1.88 bits per heavy atom. The summed E-state index contributed by atoms with van der Waals surface area (Å²) in [6.07, 6.45) is -1.40. The Morgan fingerprint density at radius 2 is 1.62 bits per heavy atom. The van der Waals surface area contributed by atoms with Gasteiger partial charge in [0.05, 0.1) is 6.61 Å². The molecule has 0 aliphatic heterocycles. The molecular formula is C4H9NO8S2Tl. The van der Waals surface area contributed by atoms with Gasteiger partial charge in [-0.1, -0.05) is 0 Å². The molecule has 9 nitrogen and oxygen atoms in total. The van der Waals surface area contributed by atoms with E-state index in [0.29, 0.717) is 0 Å². The maximum absolute atomic E-state index is 10.7. The number of alkyl carbamates (subject to hydrolysis) is 1. The van der Waals surface area contributed by atoms with Crippen molar-refractivity contribution in [3.05, 3.63) is 0 Å². The van der Waals surface area contributed by atoms with Gasteiger partial charge in [0.1, 0.15) is 0 Å². The molecule has 0 unspecified atom stereocenters. The van der Waals surface area contributed by atoms with Crippen LogP contribution in [0.4, 0.5) is 4.79 Å². The number of hydrogen-bond donors (Lipinski definition) is 3. The molecular weight excluding hydrogens is 459 g/mol. The van der Waals surface area contributed by atoms with E-state index in [1.165, 1.54) is 12.2 Å². The number of ether oxygens (including phenoxy) is 1. The maximum atomic E-state index is 10.7. The number of nitrogens with one attached hydrogen (secondary N) is 1. The van der Waals surface area contributed by atoms with Crippen LogP contribution >= 0.6 is 0 Å². The first-order chi connectivity index (χ1) is 6.59. The largest absolute Gasteiger partial charge is 0.450 e. The molecule has 0 aliphatic rings. The van der Waals surface area contributed by atoms with E-state index in [0.717, 1.165) is 0 Å². The van der Waals surface area contributed by atoms with Crippen LogP contribution in [0.25, 0.3) is 0 Å². The molecule has 0 bridgehead atoms. The summed E-state index contributed by atoms with van der Waals surface area (Å²) >= 11 is 0. The van der Waals surface area contributed by atoms with Gasteiger partial charge in [0.2, 0.25) is 0 Å². The van der Waals surface area contributed by atoms with Crippen molar-refractivity contribution in [2.45, 2.75) is 11.6 Å². The first-order valence-corrected chi connectivity index (χ1v) is 6.45. The third kappa shape index (κ3) is 6.56. The van der Waals surface area contributed by atoms with E-state index in [4.69, 9.17) is 9.11 Å². The molecule has 12 heteroatoms. The van der Waals surface area contributed by atoms with E-state index in [2.05, 4.69) is 4.74 Å². The van der Waals surface area contributed by atoms with Crippen molar-refractivity contribution in [2.75, 3.05) is 6.61 Å². The minimum atomic E-state index is -5.19. The number of carbonyl (C=O) groups excluding carboxylic acids is 1. The normalized spacial score (nSPS) is 11.8. The van der Waals surface area contributed by atoms with Crippen LogP contribution in [0.2, 0.25) is 0 Å². The number of rotatable bonds is 4. The standard InChI is InChI=1S/C4H9NO8S2.Tl/c1-2-13-3(6)5-4(14(7,8)9)15(10,11)12;/h4H,2H2,1H3,(H,5,6)(H,7,8,9)(H,10,11,12);. The van der Waals surface area contributed by atoms with Gasteiger partial charge in [0.15, 0.2) is 0 Å². The second-order valence-corrected chi connectivity index (χ2v) is 5.53. The van der Waals surface area contributed by atoms with Gasteiger partial charge in [-0.05, 0) is 6.92 Å². The van der Waals surface area contributed by atoms with Crippen LogP contribution in [-0.2, 0) is 25.0 Å². The van der Waals surface area contributed by atoms with Gasteiger partial charge < -0.3 is 4.74 Å². The zero-order valence-electron chi connectivity index (χ0n) is 8.02. The summed E-state index contributed by atoms with van der Waals surface area (Å²) in [4.78, 5) is 10.7. The third-order valence-electron chi connectivity index (χ3n) is 1.05. The Morgan fingerprint density at radius 1 is 1.25 bits per heavy atom. The zero-order chi connectivity index (χ0) is 12.3. The van der Waals surface area contributed by atoms with Crippen molar-refractivity contribution in [3.8, 4) is 0 Å². The molecule has 0 heterocycles. The molecule has 16 heavy (non-hydrogen) atoms. The predicted molar refractivity (Wildman–Crippen MR) is 52.8 cm³/mol. The van der Waals surface area contributed by atoms with E-state index >= 15 is 0 Å². The van der Waals surface area contributed by atoms with Crippen molar-refractivity contribution in [1.82, 2.24) is 5.32 Å². The smallest absolute Gasteiger partial charge is 0.409 e. The van der Waals surface area contributed by atoms with Gasteiger partial charge in [0.25, 0.3) is 4.71 Å². The Bertz CT molecular complexity index is 395. The van der Waals surface area contributed by atoms with Crippen molar-refractivity contribution >= 4 is 53.6 Å². The quantitative estimate of drug-likeness (QED) is 0.331. The van der Waals surface area contributed by atoms with Gasteiger partial charge in [-0.2, -0.15) is 16.8 Å². The molecule has 0 saturated carbocycles. The molecule has 0 atom stereocenters. The molecule has 1 amide bonds. The number of carbonyl (C=O) groups is 1. The topological polar surface area (TPSA) is 147 Å². The Kier molecular flexibility index (Phi) is 7.67. The molecule has 0 fully saturated rings. The Labute approximate surface area is 112 Å². The van der Waals surface area contributed by atoms with E-state index < -0.39 is 31.0 Å². The summed E-state index contributed by atoms with van der Waals surface area (Å²) < 4.78 is 59.9. The fourth-order valence-corrected chi connectivity index (χ4v) is 2.29. The molecule has 0 saturated heterocycles. The van der Waals surface area contributed by atoms with E-state index in [1.807, 2.05) is 0 Å². The molecule has 0 spiro atoms. The summed E-state index contributed by atoms with van der Waals surface area (Å²) in [6.45, 7) is 1.24. The van der Waals surface area contributed by atoms with Crippen LogP contribution in [0.15, 0.2) is 0 Å². The summed E-state index contributed by atoms with van der Waals surface area (Å²) in [6, 6.07) is 0. The summed E-state index contributed by atoms with van der Waals surface area (Å²) in [5.41, 5.74) is 0. The third-order valence-corrected chi connectivity index (χ3v) is 3.83. The number of amides is 1. The average molecular weight is 468 g/mol. The maximum Gasteiger partial charge on any atom is 0.409 e. The molecule has 0 aliphatic carbocycles. The molecule has 0 rings (SSSR count). The van der Waals surface area contributed by atoms with Crippen LogP contribution < -0.4 is 5.32 Å². The fourth-order valence-electron chi connectivity index (χ4n) is 0.572. The molecule has 0 aromatic rings. The van der Waals surface area contributed by atoms with Crippen molar-refractivity contribution in [3.63, 3.8) is 0 Å². The number of hydrogen-bond acceptors (Lipinski definition) is 6. The molecule has 0 aromatic carbocycles. The van der Waals surface area contributed by atoms with Crippen LogP contribution in [0.5, 0.6) is 0 Å². The minimum absolute atomic E-state index is 0. The van der Waals surface area contributed by atoms with E-state index in [1.54, 1.807) is 0 Å². The van der Waals surface area contributed by atoms with Gasteiger partial charge in [0, 0.05) is 27.3 Å². The van der Waals surface area contributed by atoms with Crippen molar-refractivity contribution in [1.29, 1.82) is 0 Å². The second-order valence-electron chi connectivity index (χ2n) is 2.23. The zero-order valence-corrected chi connectivity index (χ0v) is 14.1. The van der Waals surface area contributed by atoms with Crippen molar-refractivity contribution in [2.24, 2.45) is 0 Å². The van der Waals surface area contributed by atoms with Gasteiger partial charge in [-0.25, -0.2) is 4.79 Å². The van der Waals surface area contributed by atoms with Gasteiger partial charge in [-0.3, -0.25) is 14.4 Å². The van der Waals surface area contributed by atoms with Crippen molar-refractivity contribution < 1.29 is 35.5 Å². The van der Waals surface area contributed by atoms with Crippen LogP contribution in [-0.4, -0.2) is 70.6 Å². The van der Waals surface area contributed by atoms with Crippen LogP contribution in [0.3, 0.4) is 0 Å². The van der Waals surface area contributed by atoms with Crippen LogP contribution in [0, 0.1) is 0 Å². The molecule has 3 N–H and O–H groups in total. The summed E-state index contributed by atoms with van der Waals surface area (Å²) in [5.74, 6) is 0. The molecule has 0 aromatic heterocycles. The Balaban J connectivity index is 0. The van der Waals surface area contributed by atoms with Gasteiger partial charge in [-0.15, -0.1) is 0 Å². The first-order valence-electron chi connectivity index (χ1n) is 3.45. The SMILES string of the molecule is CCOC(=O)NC(S(=O)(=O)O)S(=O)(=O)O.[Tl]. The summed E-state index contributed by atoms with van der Waals surface area (Å²) in [5, 5.41) is 1.26. The van der Waals surface area contributed by atoms with Gasteiger partial charge >= 0.3 is 26.3 Å². The monoisotopic (exact) mass is 468 g/mol. The Hall–Kier alpha value is 0.0121. The predicted octanol–water partition coefficient (Wildman–Crippen LogP) is -1.59.